The van der Waals surface area contributed by atoms with Crippen LogP contribution in [0.15, 0.2) is 30.5 Å². The quantitative estimate of drug-likeness (QED) is 0.891. The maximum Gasteiger partial charge on any atom is 0.223 e. The third kappa shape index (κ3) is 2.06. The second kappa shape index (κ2) is 4.46. The van der Waals surface area contributed by atoms with E-state index >= 15 is 0 Å². The van der Waals surface area contributed by atoms with Crippen LogP contribution in [0.4, 0.5) is 5.95 Å². The second-order valence-electron chi connectivity index (χ2n) is 5.64. The first-order chi connectivity index (χ1) is 9.38. The average Bonchev–Trinajstić information content (AvgIpc) is 2.48. The van der Waals surface area contributed by atoms with Crippen molar-refractivity contribution in [1.29, 1.82) is 0 Å². The summed E-state index contributed by atoms with van der Waals surface area (Å²) in [5.74, 6) is 1.57. The van der Waals surface area contributed by atoms with Crippen LogP contribution < -0.4 is 5.32 Å². The lowest BCUT2D eigenvalue weighted by Crippen LogP contribution is -2.53. The molecule has 2 aromatic rings. The van der Waals surface area contributed by atoms with E-state index in [1.807, 2.05) is 30.5 Å². The Morgan fingerprint density at radius 3 is 2.79 bits per heavy atom. The van der Waals surface area contributed by atoms with Crippen LogP contribution >= 0.6 is 0 Å². The summed E-state index contributed by atoms with van der Waals surface area (Å²) in [6.45, 7) is 3.67. The molecule has 3 fully saturated rings. The molecule has 98 valence electrons. The van der Waals surface area contributed by atoms with E-state index in [9.17, 15) is 0 Å². The topological polar surface area (TPSA) is 41.1 Å². The Bertz CT molecular complexity index is 589. The van der Waals surface area contributed by atoms with Gasteiger partial charge in [0.15, 0.2) is 0 Å². The van der Waals surface area contributed by atoms with Gasteiger partial charge >= 0.3 is 0 Å². The van der Waals surface area contributed by atoms with Gasteiger partial charge in [0.25, 0.3) is 0 Å². The molecule has 3 aliphatic rings. The van der Waals surface area contributed by atoms with Crippen LogP contribution in [0.2, 0.25) is 0 Å². The molecule has 0 saturated carbocycles. The van der Waals surface area contributed by atoms with E-state index < -0.39 is 0 Å². The number of nitrogens with one attached hydrogen (secondary N) is 1. The standard InChI is InChI=1S/C15H18N4/c1-2-4-13-12(3-1)9-16-15(17-13)18-14-10-19-7-5-11(14)6-8-19/h1-4,9,11,14H,5-8,10H2,(H,16,17,18). The van der Waals surface area contributed by atoms with Crippen LogP contribution in [0.1, 0.15) is 12.8 Å². The van der Waals surface area contributed by atoms with Crippen LogP contribution in [0.3, 0.4) is 0 Å². The van der Waals surface area contributed by atoms with E-state index in [4.69, 9.17) is 0 Å². The average molecular weight is 254 g/mol. The minimum atomic E-state index is 0.517. The smallest absolute Gasteiger partial charge is 0.223 e. The first kappa shape index (κ1) is 11.2. The molecule has 0 amide bonds. The van der Waals surface area contributed by atoms with Gasteiger partial charge < -0.3 is 10.2 Å². The van der Waals surface area contributed by atoms with Crippen molar-refractivity contribution in [2.75, 3.05) is 25.0 Å². The molecule has 5 rings (SSSR count). The Labute approximate surface area is 112 Å². The van der Waals surface area contributed by atoms with Gasteiger partial charge in [-0.2, -0.15) is 0 Å². The SMILES string of the molecule is c1ccc2nc(NC3CN4CCC3CC4)ncc2c1. The third-order valence-electron chi connectivity index (χ3n) is 4.46. The number of hydrogen-bond donors (Lipinski definition) is 1. The number of para-hydroxylation sites is 1. The zero-order valence-electron chi connectivity index (χ0n) is 10.9. The van der Waals surface area contributed by atoms with Crippen molar-refractivity contribution in [2.24, 2.45) is 5.92 Å². The van der Waals surface area contributed by atoms with Gasteiger partial charge in [-0.15, -0.1) is 0 Å². The molecule has 19 heavy (non-hydrogen) atoms. The molecule has 1 aromatic heterocycles. The van der Waals surface area contributed by atoms with Crippen molar-refractivity contribution in [2.45, 2.75) is 18.9 Å². The highest BCUT2D eigenvalue weighted by Crippen LogP contribution is 2.29. The van der Waals surface area contributed by atoms with Gasteiger partial charge in [-0.3, -0.25) is 0 Å². The largest absolute Gasteiger partial charge is 0.350 e. The van der Waals surface area contributed by atoms with Crippen molar-refractivity contribution in [1.82, 2.24) is 14.9 Å². The van der Waals surface area contributed by atoms with Gasteiger partial charge in [0.1, 0.15) is 0 Å². The van der Waals surface area contributed by atoms with Gasteiger partial charge in [-0.25, -0.2) is 9.97 Å². The number of fused-ring (bicyclic) bond motifs is 4. The minimum Gasteiger partial charge on any atom is -0.350 e. The minimum absolute atomic E-state index is 0.517. The summed E-state index contributed by atoms with van der Waals surface area (Å²) < 4.78 is 0. The zero-order chi connectivity index (χ0) is 12.7. The fraction of sp³-hybridized carbons (Fsp3) is 0.467. The Kier molecular flexibility index (Phi) is 2.62. The lowest BCUT2D eigenvalue weighted by molar-refractivity contribution is 0.0972. The molecule has 4 heteroatoms. The lowest BCUT2D eigenvalue weighted by Gasteiger charge is -2.44. The van der Waals surface area contributed by atoms with Crippen LogP contribution in [0.5, 0.6) is 0 Å². The number of hydrogen-bond acceptors (Lipinski definition) is 4. The van der Waals surface area contributed by atoms with E-state index in [2.05, 4.69) is 20.2 Å². The molecular formula is C15H18N4. The summed E-state index contributed by atoms with van der Waals surface area (Å²) in [4.78, 5) is 11.6. The van der Waals surface area contributed by atoms with Gasteiger partial charge in [0.2, 0.25) is 5.95 Å². The predicted molar refractivity (Wildman–Crippen MR) is 76.1 cm³/mol. The molecule has 1 aromatic carbocycles. The molecule has 2 bridgehead atoms. The molecule has 0 radical (unpaired) electrons. The van der Waals surface area contributed by atoms with Crippen molar-refractivity contribution < 1.29 is 0 Å². The van der Waals surface area contributed by atoms with Crippen molar-refractivity contribution in [3.05, 3.63) is 30.5 Å². The molecule has 3 aliphatic heterocycles. The van der Waals surface area contributed by atoms with Crippen LogP contribution in [-0.2, 0) is 0 Å². The van der Waals surface area contributed by atoms with Gasteiger partial charge in [-0.05, 0) is 37.9 Å². The fourth-order valence-corrected chi connectivity index (χ4v) is 3.34. The normalized spacial score (nSPS) is 29.6. The molecule has 1 unspecified atom stereocenters. The van der Waals surface area contributed by atoms with Crippen molar-refractivity contribution in [3.8, 4) is 0 Å². The number of nitrogens with zero attached hydrogens (tertiary/aromatic N) is 3. The first-order valence-corrected chi connectivity index (χ1v) is 7.09. The zero-order valence-corrected chi connectivity index (χ0v) is 10.9. The highest BCUT2D eigenvalue weighted by Gasteiger charge is 2.34. The fourth-order valence-electron chi connectivity index (χ4n) is 3.34. The summed E-state index contributed by atoms with van der Waals surface area (Å²) in [6, 6.07) is 8.65. The second-order valence-corrected chi connectivity index (χ2v) is 5.64. The summed E-state index contributed by atoms with van der Waals surface area (Å²) in [7, 11) is 0. The number of rotatable bonds is 2. The van der Waals surface area contributed by atoms with E-state index in [1.54, 1.807) is 0 Å². The highest BCUT2D eigenvalue weighted by molar-refractivity contribution is 5.78. The van der Waals surface area contributed by atoms with Gasteiger partial charge in [0.05, 0.1) is 5.52 Å². The van der Waals surface area contributed by atoms with E-state index in [0.29, 0.717) is 6.04 Å². The number of anilines is 1. The summed E-state index contributed by atoms with van der Waals surface area (Å²) >= 11 is 0. The van der Waals surface area contributed by atoms with E-state index in [0.717, 1.165) is 29.3 Å². The van der Waals surface area contributed by atoms with Crippen LogP contribution in [0, 0.1) is 5.92 Å². The molecule has 0 aliphatic carbocycles. The Morgan fingerprint density at radius 2 is 2.00 bits per heavy atom. The van der Waals surface area contributed by atoms with Gasteiger partial charge in [0, 0.05) is 24.2 Å². The monoisotopic (exact) mass is 254 g/mol. The van der Waals surface area contributed by atoms with Gasteiger partial charge in [-0.1, -0.05) is 18.2 Å². The Hall–Kier alpha value is -1.68. The predicted octanol–water partition coefficient (Wildman–Crippen LogP) is 2.14. The molecule has 0 spiro atoms. The van der Waals surface area contributed by atoms with Crippen LogP contribution in [-0.4, -0.2) is 40.5 Å². The van der Waals surface area contributed by atoms with Crippen molar-refractivity contribution >= 4 is 16.9 Å². The molecule has 4 nitrogen and oxygen atoms in total. The lowest BCUT2D eigenvalue weighted by atomic mass is 9.84. The van der Waals surface area contributed by atoms with E-state index in [1.165, 1.54) is 25.9 Å². The maximum atomic E-state index is 4.61. The highest BCUT2D eigenvalue weighted by atomic mass is 15.2. The number of benzene rings is 1. The Balaban J connectivity index is 1.58. The number of aromatic nitrogens is 2. The van der Waals surface area contributed by atoms with Crippen molar-refractivity contribution in [3.63, 3.8) is 0 Å². The molecular weight excluding hydrogens is 236 g/mol. The number of piperidine rings is 3. The summed E-state index contributed by atoms with van der Waals surface area (Å²) in [6.07, 6.45) is 4.53. The Morgan fingerprint density at radius 1 is 1.16 bits per heavy atom. The maximum absolute atomic E-state index is 4.61. The summed E-state index contributed by atoms with van der Waals surface area (Å²) in [5, 5.41) is 4.64. The molecule has 1 atom stereocenters. The molecule has 4 heterocycles. The first-order valence-electron chi connectivity index (χ1n) is 7.09. The summed E-state index contributed by atoms with van der Waals surface area (Å²) in [5.41, 5.74) is 1.02. The van der Waals surface area contributed by atoms with E-state index in [-0.39, 0.29) is 0 Å². The third-order valence-corrected chi connectivity index (χ3v) is 4.46. The van der Waals surface area contributed by atoms with Crippen LogP contribution in [0.25, 0.3) is 10.9 Å². The molecule has 3 saturated heterocycles. The molecule has 1 N–H and O–H groups in total.